The number of ketones is 1. The number of unbranched alkanes of at least 4 members (excludes halogenated alkanes) is 2. The number of carbonyl (C=O) groups is 1. The average Bonchev–Trinajstić information content (AvgIpc) is 2.61. The van der Waals surface area contributed by atoms with Gasteiger partial charge in [-0.05, 0) is 31.6 Å². The fourth-order valence-electron chi connectivity index (χ4n) is 1.47. The quantitative estimate of drug-likeness (QED) is 0.242. The van der Waals surface area contributed by atoms with Crippen LogP contribution < -0.4 is 0 Å². The molecule has 0 spiro atoms. The van der Waals surface area contributed by atoms with E-state index >= 15 is 0 Å². The normalized spacial score (nSPS) is 8.87. The van der Waals surface area contributed by atoms with E-state index in [1.165, 1.54) is 0 Å². The molecule has 0 saturated carbocycles. The Morgan fingerprint density at radius 1 is 1.04 bits per heavy atom. The second-order valence-electron chi connectivity index (χ2n) is 3.88. The minimum Gasteiger partial charge on any atom is 0 e. The van der Waals surface area contributed by atoms with E-state index in [9.17, 15) is 4.79 Å². The van der Waals surface area contributed by atoms with Gasteiger partial charge in [0, 0.05) is 29.1 Å². The Bertz CT molecular complexity index is 409. The third-order valence-electron chi connectivity index (χ3n) is 2.35. The predicted molar refractivity (Wildman–Crippen MR) is 79.2 cm³/mol. The number of benzene rings is 1. The molecular weight excluding hydrogens is 336 g/mol. The van der Waals surface area contributed by atoms with Crippen molar-refractivity contribution in [3.05, 3.63) is 81.5 Å². The molecule has 23 heavy (non-hydrogen) atoms. The fraction of sp³-hybridized carbons (Fsp3) is 0.222. The molecule has 122 valence electrons. The van der Waals surface area contributed by atoms with Crippen molar-refractivity contribution < 1.29 is 35.8 Å². The monoisotopic (exact) mass is 354 g/mol. The Hall–Kier alpha value is -1.37. The molecule has 0 aliphatic carbocycles. The molecule has 0 aliphatic rings. The topological polar surface area (TPSA) is 76.8 Å². The molecule has 0 bridgehead atoms. The van der Waals surface area contributed by atoms with Gasteiger partial charge in [0.15, 0.2) is 5.78 Å². The van der Waals surface area contributed by atoms with Crippen molar-refractivity contribution in [3.8, 4) is 0 Å². The van der Waals surface area contributed by atoms with Gasteiger partial charge in [0.05, 0.1) is 0 Å². The Kier molecular flexibility index (Phi) is 32.9. The summed E-state index contributed by atoms with van der Waals surface area (Å²) >= 11 is 0. The molecule has 0 heterocycles. The molecule has 1 aromatic rings. The molecule has 0 aliphatic heterocycles. The first-order chi connectivity index (χ1) is 10.7. The fourth-order valence-corrected chi connectivity index (χ4v) is 1.47. The van der Waals surface area contributed by atoms with Crippen molar-refractivity contribution in [3.63, 3.8) is 0 Å². The van der Waals surface area contributed by atoms with Crippen molar-refractivity contribution in [2.75, 3.05) is 0 Å². The van der Waals surface area contributed by atoms with Gasteiger partial charge in [-0.1, -0.05) is 44.2 Å². The van der Waals surface area contributed by atoms with E-state index in [1.54, 1.807) is 0 Å². The van der Waals surface area contributed by atoms with Gasteiger partial charge in [-0.25, -0.2) is 0 Å². The molecular formula is C18H18FeO4. The first-order valence-electron chi connectivity index (χ1n) is 6.23. The number of carbonyl (C=O) groups excluding carboxylic acids is 1. The van der Waals surface area contributed by atoms with E-state index in [2.05, 4.69) is 33.3 Å². The summed E-state index contributed by atoms with van der Waals surface area (Å²) in [7, 11) is 0. The molecule has 0 fully saturated rings. The van der Waals surface area contributed by atoms with Crippen LogP contribution in [0.4, 0.5) is 0 Å². The van der Waals surface area contributed by atoms with Crippen LogP contribution in [0.3, 0.4) is 0 Å². The van der Waals surface area contributed by atoms with Crippen LogP contribution in [0, 0.1) is 51.6 Å². The predicted octanol–water partition coefficient (Wildman–Crippen LogP) is 3.62. The third kappa shape index (κ3) is 18.6. The van der Waals surface area contributed by atoms with E-state index < -0.39 is 0 Å². The third-order valence-corrected chi connectivity index (χ3v) is 2.35. The molecule has 1 atom stereocenters. The van der Waals surface area contributed by atoms with Crippen molar-refractivity contribution in [2.24, 2.45) is 5.92 Å². The minimum absolute atomic E-state index is 0. The summed E-state index contributed by atoms with van der Waals surface area (Å²) in [6.07, 6.45) is 8.56. The van der Waals surface area contributed by atoms with Crippen LogP contribution in [0.2, 0.25) is 0 Å². The summed E-state index contributed by atoms with van der Waals surface area (Å²) in [5, 5.41) is 0. The Balaban J connectivity index is -0.000000231. The van der Waals surface area contributed by atoms with E-state index in [-0.39, 0.29) is 28.8 Å². The number of Topliss-reactive ketones (excluding diaryl/α,β-unsaturated/α-hetero) is 1. The van der Waals surface area contributed by atoms with Crippen LogP contribution in [-0.4, -0.2) is 5.78 Å². The summed E-state index contributed by atoms with van der Waals surface area (Å²) in [4.78, 5) is 11.8. The van der Waals surface area contributed by atoms with Gasteiger partial charge in [-0.15, -0.1) is 0 Å². The zero-order valence-electron chi connectivity index (χ0n) is 13.0. The Morgan fingerprint density at radius 2 is 1.52 bits per heavy atom. The number of rotatable bonds is 7. The van der Waals surface area contributed by atoms with Gasteiger partial charge in [-0.3, -0.25) is 4.79 Å². The molecule has 0 aromatic heterocycles. The molecule has 4 radical (unpaired) electrons. The van der Waals surface area contributed by atoms with E-state index in [4.69, 9.17) is 14.0 Å². The summed E-state index contributed by atoms with van der Waals surface area (Å²) in [6, 6.07) is 9.45. The first-order valence-corrected chi connectivity index (χ1v) is 6.23. The van der Waals surface area contributed by atoms with Gasteiger partial charge < -0.3 is 0 Å². The average molecular weight is 354 g/mol. The summed E-state index contributed by atoms with van der Waals surface area (Å²) in [5.41, 5.74) is 0.800. The SMILES string of the molecule is C[CH][CH][CH][CH][C@@H](C)CC(=O)c1ccccc1.[C-]#[O+].[C-]#[O+].[C-]#[O+].[Fe]. The standard InChI is InChI=1S/C15H18O.3CO.Fe/c1-3-4-6-9-13(2)12-15(16)14-10-7-5-8-11-14;3*1-2;/h3-11,13H,12H2,1-2H3;;;;/t13-;;;;/m1..../s1. The molecule has 4 nitrogen and oxygen atoms in total. The van der Waals surface area contributed by atoms with Gasteiger partial charge in [-0.2, -0.15) is 0 Å². The second-order valence-corrected chi connectivity index (χ2v) is 3.88. The van der Waals surface area contributed by atoms with Crippen molar-refractivity contribution >= 4 is 5.78 Å². The molecule has 5 heteroatoms. The van der Waals surface area contributed by atoms with Crippen LogP contribution in [0.5, 0.6) is 0 Å². The van der Waals surface area contributed by atoms with Gasteiger partial charge in [0.1, 0.15) is 0 Å². The van der Waals surface area contributed by atoms with Crippen LogP contribution in [0.1, 0.15) is 30.6 Å². The minimum atomic E-state index is 0. The molecule has 0 saturated heterocycles. The van der Waals surface area contributed by atoms with Crippen molar-refractivity contribution in [1.29, 1.82) is 0 Å². The van der Waals surface area contributed by atoms with Crippen molar-refractivity contribution in [2.45, 2.75) is 20.3 Å². The molecule has 0 N–H and O–H groups in total. The maximum Gasteiger partial charge on any atom is 0 e. The van der Waals surface area contributed by atoms with Crippen LogP contribution in [-0.2, 0) is 31.0 Å². The molecule has 0 amide bonds. The summed E-state index contributed by atoms with van der Waals surface area (Å²) in [5.74, 6) is 0.488. The van der Waals surface area contributed by atoms with Crippen molar-refractivity contribution in [1.82, 2.24) is 0 Å². The zero-order chi connectivity index (χ0) is 17.8. The van der Waals surface area contributed by atoms with Gasteiger partial charge >= 0.3 is 33.9 Å². The smallest absolute Gasteiger partial charge is 0 e. The molecule has 0 unspecified atom stereocenters. The molecule has 1 aromatic carbocycles. The zero-order valence-corrected chi connectivity index (χ0v) is 14.1. The maximum absolute atomic E-state index is 11.8. The second kappa shape index (κ2) is 25.6. The van der Waals surface area contributed by atoms with Gasteiger partial charge in [0.25, 0.3) is 0 Å². The van der Waals surface area contributed by atoms with E-state index in [0.29, 0.717) is 6.42 Å². The summed E-state index contributed by atoms with van der Waals surface area (Å²) < 4.78 is 22.5. The maximum atomic E-state index is 11.8. The van der Waals surface area contributed by atoms with Crippen LogP contribution >= 0.6 is 0 Å². The van der Waals surface area contributed by atoms with Crippen LogP contribution in [0.25, 0.3) is 0 Å². The Labute approximate surface area is 149 Å². The van der Waals surface area contributed by atoms with E-state index in [1.807, 2.05) is 56.5 Å². The first kappa shape index (κ1) is 29.6. The van der Waals surface area contributed by atoms with Crippen LogP contribution in [0.15, 0.2) is 30.3 Å². The molecule has 1 rings (SSSR count). The van der Waals surface area contributed by atoms with Gasteiger partial charge in [0.2, 0.25) is 0 Å². The van der Waals surface area contributed by atoms with E-state index in [0.717, 1.165) is 5.56 Å². The summed E-state index contributed by atoms with van der Waals surface area (Å²) in [6.45, 7) is 17.5. The number of hydrogen-bond donors (Lipinski definition) is 0. The Morgan fingerprint density at radius 3 is 1.96 bits per heavy atom. The largest absolute Gasteiger partial charge is 0 e. The number of hydrogen-bond acceptors (Lipinski definition) is 1.